The number of aliphatic hydroxyl groups is 2. The molecule has 0 unspecified atom stereocenters. The predicted octanol–water partition coefficient (Wildman–Crippen LogP) is 5.06. The van der Waals surface area contributed by atoms with Crippen molar-refractivity contribution in [3.05, 3.63) is 23.3 Å². The number of cyclic esters (lactones) is 3. The molecule has 10 aliphatic rings. The smallest absolute Gasteiger partial charge is 0.334 e. The molecule has 264 valence electrons. The van der Waals surface area contributed by atoms with Gasteiger partial charge in [0.25, 0.3) is 0 Å². The zero-order valence-corrected chi connectivity index (χ0v) is 28.7. The number of hydrogen-bond donors (Lipinski definition) is 2. The van der Waals surface area contributed by atoms with Crippen LogP contribution >= 0.6 is 0 Å². The summed E-state index contributed by atoms with van der Waals surface area (Å²) in [7, 11) is 0. The van der Waals surface area contributed by atoms with Gasteiger partial charge in [0.15, 0.2) is 0 Å². The highest BCUT2D eigenvalue weighted by Gasteiger charge is 2.66. The molecule has 0 aromatic rings. The lowest BCUT2D eigenvalue weighted by Gasteiger charge is -2.40. The second-order valence-electron chi connectivity index (χ2n) is 16.6. The third kappa shape index (κ3) is 5.31. The van der Waals surface area contributed by atoms with Crippen molar-refractivity contribution < 1.29 is 43.5 Å². The van der Waals surface area contributed by atoms with Crippen LogP contribution < -0.4 is 0 Å². The normalized spacial score (nSPS) is 50.6. The molecule has 0 aromatic heterocycles. The minimum atomic E-state index is -0.383. The average molecular weight is 667 g/mol. The van der Waals surface area contributed by atoms with Crippen LogP contribution in [0.4, 0.5) is 0 Å². The van der Waals surface area contributed by atoms with E-state index in [1.165, 1.54) is 56.9 Å². The topological polar surface area (TPSA) is 129 Å². The van der Waals surface area contributed by atoms with Crippen LogP contribution in [0.1, 0.15) is 97.8 Å². The molecule has 0 spiro atoms. The van der Waals surface area contributed by atoms with E-state index in [-0.39, 0.29) is 84.1 Å². The largest absolute Gasteiger partial charge is 0.462 e. The molecule has 10 rings (SSSR count). The zero-order valence-electron chi connectivity index (χ0n) is 28.7. The molecule has 48 heavy (non-hydrogen) atoms. The van der Waals surface area contributed by atoms with Gasteiger partial charge in [-0.1, -0.05) is 49.8 Å². The summed E-state index contributed by atoms with van der Waals surface area (Å²) >= 11 is 0. The third-order valence-electron chi connectivity index (χ3n) is 14.2. The summed E-state index contributed by atoms with van der Waals surface area (Å²) in [5.41, 5.74) is 2.04. The van der Waals surface area contributed by atoms with Crippen LogP contribution in [0.25, 0.3) is 0 Å². The van der Waals surface area contributed by atoms with E-state index >= 15 is 0 Å². The molecule has 0 aromatic carbocycles. The van der Waals surface area contributed by atoms with Gasteiger partial charge in [-0.05, 0) is 89.4 Å². The van der Waals surface area contributed by atoms with Crippen LogP contribution in [0.15, 0.2) is 23.3 Å². The third-order valence-corrected chi connectivity index (χ3v) is 14.2. The zero-order chi connectivity index (χ0) is 33.4. The molecule has 5 aliphatic carbocycles. The predicted molar refractivity (Wildman–Crippen MR) is 174 cm³/mol. The number of carbonyl (C=O) groups is 3. The van der Waals surface area contributed by atoms with Gasteiger partial charge in [0.2, 0.25) is 0 Å². The Balaban J connectivity index is 0.000000105. The molecular formula is C39H54O9. The second-order valence-corrected chi connectivity index (χ2v) is 16.6. The molecule has 5 aliphatic heterocycles. The van der Waals surface area contributed by atoms with Crippen LogP contribution in [-0.2, 0) is 33.3 Å². The minimum absolute atomic E-state index is 0.00836. The molecule has 5 heterocycles. The van der Waals surface area contributed by atoms with Crippen molar-refractivity contribution in [2.75, 3.05) is 0 Å². The summed E-state index contributed by atoms with van der Waals surface area (Å²) in [6.45, 7) is 5.81. The molecule has 17 atom stereocenters. The highest BCUT2D eigenvalue weighted by atomic mass is 16.6. The van der Waals surface area contributed by atoms with E-state index in [1.54, 1.807) is 0 Å². The maximum atomic E-state index is 11.8. The number of esters is 3. The van der Waals surface area contributed by atoms with Crippen molar-refractivity contribution in [2.45, 2.75) is 141 Å². The molecule has 0 amide bonds. The molecule has 5 saturated heterocycles. The fraction of sp³-hybridized carbons (Fsp3) is 0.821. The van der Waals surface area contributed by atoms with E-state index in [9.17, 15) is 24.6 Å². The number of rotatable bonds is 0. The van der Waals surface area contributed by atoms with Gasteiger partial charge in [-0.3, -0.25) is 9.59 Å². The van der Waals surface area contributed by atoms with Crippen molar-refractivity contribution in [1.82, 2.24) is 0 Å². The van der Waals surface area contributed by atoms with Gasteiger partial charge in [0.1, 0.15) is 18.3 Å². The van der Waals surface area contributed by atoms with E-state index in [2.05, 4.69) is 12.2 Å². The van der Waals surface area contributed by atoms with Crippen LogP contribution in [0, 0.1) is 59.2 Å². The molecular weight excluding hydrogens is 612 g/mol. The number of carbonyl (C=O) groups excluding carboxylic acids is 3. The Labute approximate surface area is 284 Å². The number of aliphatic hydroxyl groups excluding tert-OH is 2. The Kier molecular flexibility index (Phi) is 8.80. The fourth-order valence-electron chi connectivity index (χ4n) is 12.0. The number of hydrogen-bond acceptors (Lipinski definition) is 9. The highest BCUT2D eigenvalue weighted by Crippen LogP contribution is 2.58. The van der Waals surface area contributed by atoms with E-state index in [0.717, 1.165) is 37.2 Å². The lowest BCUT2D eigenvalue weighted by atomic mass is 9.63. The Morgan fingerprint density at radius 3 is 2.04 bits per heavy atom. The SMILES string of the molecule is C[C@@H]1OC(=O)C2=C[C@@H]3CCCC[C@@H]3[C@@H](O)[C@H]21.C[C@@H]1OC(=O)[C@H]2C=C3CCCC[C@@H]3[C@@H](O)[C@@H]12.C[C@@H]1OC(=O)[C@H]2[C@H]3O[C@H]([C@H]4CCCC[C@H]43)[C@H]21. The van der Waals surface area contributed by atoms with Gasteiger partial charge < -0.3 is 29.2 Å². The fourth-order valence-corrected chi connectivity index (χ4v) is 12.0. The number of allylic oxidation sites excluding steroid dienone is 1. The first-order valence-electron chi connectivity index (χ1n) is 19.2. The number of fused-ring (bicyclic) bond motifs is 12. The van der Waals surface area contributed by atoms with E-state index in [0.29, 0.717) is 29.8 Å². The van der Waals surface area contributed by atoms with Crippen LogP contribution in [-0.4, -0.2) is 70.8 Å². The van der Waals surface area contributed by atoms with Crippen molar-refractivity contribution in [3.63, 3.8) is 0 Å². The Hall–Kier alpha value is -2.23. The molecule has 3 saturated carbocycles. The van der Waals surface area contributed by atoms with E-state index < -0.39 is 0 Å². The van der Waals surface area contributed by atoms with Crippen molar-refractivity contribution >= 4 is 17.9 Å². The lowest BCUT2D eigenvalue weighted by molar-refractivity contribution is -0.147. The summed E-state index contributed by atoms with van der Waals surface area (Å²) in [6.07, 6.45) is 18.1. The Morgan fingerprint density at radius 2 is 1.27 bits per heavy atom. The molecule has 9 heteroatoms. The van der Waals surface area contributed by atoms with Gasteiger partial charge in [-0.2, -0.15) is 0 Å². The first kappa shape index (κ1) is 32.9. The standard InChI is InChI=1S/3C13H18O3/c1-6-9-10(13(14)15-6)12-8-5-3-2-4-7(8)11(9)16-12;2*1-7-11-10(13(15)16-7)6-8-4-2-3-5-9(8)12(11)14/h6-12H,2-5H2,1H3;6-7,9-12,14H,2-5H2,1H3;6-9,11-12,14H,2-5H2,1H3/t6-,7-,8+,9-,10+,11+,12-;7-,9-,10-,11-,12+;7-,8-,9-,11-,12+/m000/s1. The van der Waals surface area contributed by atoms with E-state index in [1.807, 2.05) is 20.8 Å². The van der Waals surface area contributed by atoms with Crippen LogP contribution in [0.2, 0.25) is 0 Å². The lowest BCUT2D eigenvalue weighted by Crippen LogP contribution is -2.42. The summed E-state index contributed by atoms with van der Waals surface area (Å²) in [6, 6.07) is 0. The summed E-state index contributed by atoms with van der Waals surface area (Å²) in [5, 5.41) is 20.8. The monoisotopic (exact) mass is 666 g/mol. The molecule has 9 nitrogen and oxygen atoms in total. The maximum absolute atomic E-state index is 11.8. The Bertz CT molecular complexity index is 1350. The summed E-state index contributed by atoms with van der Waals surface area (Å²) in [5.74, 6) is 2.20. The van der Waals surface area contributed by atoms with Crippen LogP contribution in [0.3, 0.4) is 0 Å². The maximum Gasteiger partial charge on any atom is 0.334 e. The average Bonchev–Trinajstić information content (AvgIpc) is 3.87. The second kappa shape index (κ2) is 12.8. The van der Waals surface area contributed by atoms with Gasteiger partial charge >= 0.3 is 17.9 Å². The quantitative estimate of drug-likeness (QED) is 0.207. The van der Waals surface area contributed by atoms with Gasteiger partial charge in [-0.25, -0.2) is 4.79 Å². The van der Waals surface area contributed by atoms with Crippen molar-refractivity contribution in [2.24, 2.45) is 59.2 Å². The Morgan fingerprint density at radius 1 is 0.625 bits per heavy atom. The molecule has 2 N–H and O–H groups in total. The van der Waals surface area contributed by atoms with Gasteiger partial charge in [0, 0.05) is 23.3 Å². The minimum Gasteiger partial charge on any atom is -0.462 e. The van der Waals surface area contributed by atoms with Gasteiger partial charge in [0.05, 0.1) is 42.2 Å². The summed E-state index contributed by atoms with van der Waals surface area (Å²) in [4.78, 5) is 35.1. The highest BCUT2D eigenvalue weighted by molar-refractivity contribution is 5.92. The molecule has 0 radical (unpaired) electrons. The molecule has 8 fully saturated rings. The summed E-state index contributed by atoms with van der Waals surface area (Å²) < 4.78 is 22.0. The first-order chi connectivity index (χ1) is 23.1. The van der Waals surface area contributed by atoms with E-state index in [4.69, 9.17) is 18.9 Å². The molecule has 2 bridgehead atoms. The van der Waals surface area contributed by atoms with Gasteiger partial charge in [-0.15, -0.1) is 0 Å². The van der Waals surface area contributed by atoms with Crippen molar-refractivity contribution in [1.29, 1.82) is 0 Å². The number of ether oxygens (including phenoxy) is 4. The van der Waals surface area contributed by atoms with Crippen LogP contribution in [0.5, 0.6) is 0 Å². The van der Waals surface area contributed by atoms with Crippen molar-refractivity contribution in [3.8, 4) is 0 Å². The first-order valence-corrected chi connectivity index (χ1v) is 19.2.